The van der Waals surface area contributed by atoms with Crippen LogP contribution in [0.15, 0.2) is 54.7 Å². The van der Waals surface area contributed by atoms with Gasteiger partial charge in [0.05, 0.1) is 24.4 Å². The molecule has 1 N–H and O–H groups in total. The zero-order valence-electron chi connectivity index (χ0n) is 16.1. The molecule has 0 radical (unpaired) electrons. The summed E-state index contributed by atoms with van der Waals surface area (Å²) < 4.78 is 7.43. The van der Waals surface area contributed by atoms with E-state index in [0.29, 0.717) is 13.0 Å². The zero-order valence-corrected chi connectivity index (χ0v) is 16.1. The van der Waals surface area contributed by atoms with Crippen LogP contribution in [0, 0.1) is 6.92 Å². The minimum Gasteiger partial charge on any atom is -0.493 e. The van der Waals surface area contributed by atoms with E-state index in [1.807, 2.05) is 54.1 Å². The molecule has 1 amide bonds. The first-order chi connectivity index (χ1) is 13.7. The van der Waals surface area contributed by atoms with Crippen molar-refractivity contribution >= 4 is 5.91 Å². The normalized spacial score (nSPS) is 12.5. The molecule has 0 aliphatic carbocycles. The first-order valence-electron chi connectivity index (χ1n) is 9.81. The van der Waals surface area contributed by atoms with Gasteiger partial charge in [0.2, 0.25) is 5.91 Å². The zero-order chi connectivity index (χ0) is 19.3. The highest BCUT2D eigenvalue weighted by atomic mass is 16.5. The van der Waals surface area contributed by atoms with E-state index in [1.165, 1.54) is 11.1 Å². The minimum atomic E-state index is 0.0653. The van der Waals surface area contributed by atoms with Crippen LogP contribution in [0.5, 0.6) is 5.75 Å². The van der Waals surface area contributed by atoms with E-state index in [0.717, 1.165) is 48.6 Å². The molecule has 1 aliphatic heterocycles. The molecule has 0 saturated carbocycles. The van der Waals surface area contributed by atoms with Gasteiger partial charge in [0.15, 0.2) is 0 Å². The third kappa shape index (κ3) is 4.25. The Hall–Kier alpha value is -3.08. The van der Waals surface area contributed by atoms with Gasteiger partial charge in [-0.25, -0.2) is 4.68 Å². The second-order valence-electron chi connectivity index (χ2n) is 7.19. The fourth-order valence-corrected chi connectivity index (χ4v) is 3.56. The van der Waals surface area contributed by atoms with Gasteiger partial charge < -0.3 is 10.1 Å². The van der Waals surface area contributed by atoms with Gasteiger partial charge in [-0.2, -0.15) is 5.10 Å². The van der Waals surface area contributed by atoms with Crippen LogP contribution in [-0.2, 0) is 24.1 Å². The number of aryl methyl sites for hydroxylation is 2. The standard InChI is InChI=1S/C23H25N3O2/c1-17-20(16-26(25-17)21-7-3-2-4-8-21)6-5-12-24-23(27)15-18-9-10-22-19(14-18)11-13-28-22/h2-4,7-10,14,16H,5-6,11-13,15H2,1H3,(H,24,27). The molecule has 3 aromatic rings. The van der Waals surface area contributed by atoms with Crippen LogP contribution < -0.4 is 10.1 Å². The summed E-state index contributed by atoms with van der Waals surface area (Å²) in [4.78, 5) is 12.2. The van der Waals surface area contributed by atoms with Crippen LogP contribution in [0.4, 0.5) is 0 Å². The van der Waals surface area contributed by atoms with Gasteiger partial charge >= 0.3 is 0 Å². The van der Waals surface area contributed by atoms with Gasteiger partial charge in [0.1, 0.15) is 5.75 Å². The van der Waals surface area contributed by atoms with E-state index in [2.05, 4.69) is 22.7 Å². The van der Waals surface area contributed by atoms with E-state index < -0.39 is 0 Å². The van der Waals surface area contributed by atoms with Gasteiger partial charge in [0, 0.05) is 19.2 Å². The van der Waals surface area contributed by atoms with Crippen molar-refractivity contribution < 1.29 is 9.53 Å². The number of para-hydroxylation sites is 1. The maximum Gasteiger partial charge on any atom is 0.224 e. The number of carbonyl (C=O) groups excluding carboxylic acids is 1. The first kappa shape index (κ1) is 18.3. The lowest BCUT2D eigenvalue weighted by atomic mass is 10.1. The average molecular weight is 375 g/mol. The highest BCUT2D eigenvalue weighted by Gasteiger charge is 2.13. The quantitative estimate of drug-likeness (QED) is 0.644. The predicted octanol–water partition coefficient (Wildman–Crippen LogP) is 3.41. The molecular weight excluding hydrogens is 350 g/mol. The summed E-state index contributed by atoms with van der Waals surface area (Å²) in [6, 6.07) is 16.1. The summed E-state index contributed by atoms with van der Waals surface area (Å²) in [5.74, 6) is 1.02. The molecule has 5 heteroatoms. The predicted molar refractivity (Wildman–Crippen MR) is 109 cm³/mol. The SMILES string of the molecule is Cc1nn(-c2ccccc2)cc1CCCNC(=O)Cc1ccc2c(c1)CCO2. The molecular formula is C23H25N3O2. The molecule has 4 rings (SSSR count). The molecule has 28 heavy (non-hydrogen) atoms. The first-order valence-corrected chi connectivity index (χ1v) is 9.81. The lowest BCUT2D eigenvalue weighted by Crippen LogP contribution is -2.26. The lowest BCUT2D eigenvalue weighted by molar-refractivity contribution is -0.120. The van der Waals surface area contributed by atoms with Crippen molar-refractivity contribution in [3.8, 4) is 11.4 Å². The summed E-state index contributed by atoms with van der Waals surface area (Å²) in [5, 5.41) is 7.63. The minimum absolute atomic E-state index is 0.0653. The number of aromatic nitrogens is 2. The van der Waals surface area contributed by atoms with Crippen molar-refractivity contribution in [3.63, 3.8) is 0 Å². The van der Waals surface area contributed by atoms with Crippen molar-refractivity contribution in [1.29, 1.82) is 0 Å². The molecule has 1 aliphatic rings. The van der Waals surface area contributed by atoms with Crippen molar-refractivity contribution in [2.24, 2.45) is 0 Å². The number of rotatable bonds is 7. The third-order valence-electron chi connectivity index (χ3n) is 5.08. The Morgan fingerprint density at radius 3 is 2.93 bits per heavy atom. The highest BCUT2D eigenvalue weighted by Crippen LogP contribution is 2.26. The summed E-state index contributed by atoms with van der Waals surface area (Å²) in [6.07, 6.45) is 5.22. The number of amides is 1. The number of fused-ring (bicyclic) bond motifs is 1. The largest absolute Gasteiger partial charge is 0.493 e. The average Bonchev–Trinajstić information content (AvgIpc) is 3.32. The molecule has 5 nitrogen and oxygen atoms in total. The second kappa shape index (κ2) is 8.30. The number of ether oxygens (including phenoxy) is 1. The molecule has 2 aromatic carbocycles. The molecule has 144 valence electrons. The van der Waals surface area contributed by atoms with Crippen molar-refractivity contribution in [3.05, 3.63) is 77.1 Å². The molecule has 0 fully saturated rings. The van der Waals surface area contributed by atoms with Crippen LogP contribution in [0.3, 0.4) is 0 Å². The lowest BCUT2D eigenvalue weighted by Gasteiger charge is -2.06. The fourth-order valence-electron chi connectivity index (χ4n) is 3.56. The molecule has 0 spiro atoms. The molecule has 1 aromatic heterocycles. The number of hydrogen-bond donors (Lipinski definition) is 1. The van der Waals surface area contributed by atoms with Gasteiger partial charge in [-0.05, 0) is 54.7 Å². The topological polar surface area (TPSA) is 56.2 Å². The Morgan fingerprint density at radius 2 is 2.07 bits per heavy atom. The molecule has 2 heterocycles. The number of hydrogen-bond acceptors (Lipinski definition) is 3. The third-order valence-corrected chi connectivity index (χ3v) is 5.08. The number of nitrogens with zero attached hydrogens (tertiary/aromatic N) is 2. The Balaban J connectivity index is 1.24. The van der Waals surface area contributed by atoms with Crippen molar-refractivity contribution in [2.45, 2.75) is 32.6 Å². The summed E-state index contributed by atoms with van der Waals surface area (Å²) >= 11 is 0. The Kier molecular flexibility index (Phi) is 5.42. The number of carbonyl (C=O) groups is 1. The van der Waals surface area contributed by atoms with Gasteiger partial charge in [0.25, 0.3) is 0 Å². The van der Waals surface area contributed by atoms with Crippen LogP contribution in [-0.4, -0.2) is 28.8 Å². The van der Waals surface area contributed by atoms with Gasteiger partial charge in [-0.3, -0.25) is 4.79 Å². The highest BCUT2D eigenvalue weighted by molar-refractivity contribution is 5.78. The Morgan fingerprint density at radius 1 is 1.21 bits per heavy atom. The van der Waals surface area contributed by atoms with Crippen molar-refractivity contribution in [1.82, 2.24) is 15.1 Å². The maximum atomic E-state index is 12.2. The fraction of sp³-hybridized carbons (Fsp3) is 0.304. The van der Waals surface area contributed by atoms with Gasteiger partial charge in [-0.1, -0.05) is 30.3 Å². The summed E-state index contributed by atoms with van der Waals surface area (Å²) in [7, 11) is 0. The molecule has 0 unspecified atom stereocenters. The number of nitrogens with one attached hydrogen (secondary N) is 1. The van der Waals surface area contributed by atoms with Crippen molar-refractivity contribution in [2.75, 3.05) is 13.2 Å². The van der Waals surface area contributed by atoms with E-state index >= 15 is 0 Å². The van der Waals surface area contributed by atoms with E-state index in [9.17, 15) is 4.79 Å². The van der Waals surface area contributed by atoms with Crippen LogP contribution in [0.1, 0.15) is 28.8 Å². The smallest absolute Gasteiger partial charge is 0.224 e. The Bertz CT molecular complexity index is 963. The van der Waals surface area contributed by atoms with Crippen LogP contribution >= 0.6 is 0 Å². The maximum absolute atomic E-state index is 12.2. The summed E-state index contributed by atoms with van der Waals surface area (Å²) in [6.45, 7) is 3.44. The van der Waals surface area contributed by atoms with Gasteiger partial charge in [-0.15, -0.1) is 0 Å². The van der Waals surface area contributed by atoms with E-state index in [-0.39, 0.29) is 5.91 Å². The van der Waals surface area contributed by atoms with Crippen LogP contribution in [0.2, 0.25) is 0 Å². The second-order valence-corrected chi connectivity index (χ2v) is 7.19. The molecule has 0 atom stereocenters. The molecule has 0 saturated heterocycles. The Labute approximate surface area is 165 Å². The molecule has 0 bridgehead atoms. The van der Waals surface area contributed by atoms with E-state index in [4.69, 9.17) is 4.74 Å². The van der Waals surface area contributed by atoms with Crippen LogP contribution in [0.25, 0.3) is 5.69 Å². The summed E-state index contributed by atoms with van der Waals surface area (Å²) in [5.41, 5.74) is 5.56. The van der Waals surface area contributed by atoms with E-state index in [1.54, 1.807) is 0 Å². The monoisotopic (exact) mass is 375 g/mol. The number of benzene rings is 2.